The number of hydrogen-bond acceptors (Lipinski definition) is 5. The Morgan fingerprint density at radius 2 is 1.46 bits per heavy atom. The number of nitrogens with zero attached hydrogens (tertiary/aromatic N) is 4. The molecule has 2 saturated heterocycles. The molecule has 4 rings (SSSR count). The Morgan fingerprint density at radius 1 is 0.893 bits per heavy atom. The van der Waals surface area contributed by atoms with Gasteiger partial charge in [-0.15, -0.1) is 0 Å². The molecule has 2 aliphatic rings. The smallest absolute Gasteiger partial charge is 0.0604 e. The standard InChI is InChI=1S/C23H33N5/c1-18-6-4-10-25-22(18)20-8-3-9-21(23-19(2)7-5-11-26-23)28(20)17-16-27-14-12-24-13-15-27/h4-7,10-11,20-21,24H,3,8-9,12-17H2,1-2H3/t20-,21+. The lowest BCUT2D eigenvalue weighted by Gasteiger charge is -2.43. The summed E-state index contributed by atoms with van der Waals surface area (Å²) >= 11 is 0. The van der Waals surface area contributed by atoms with Crippen LogP contribution in [-0.4, -0.2) is 59.0 Å². The van der Waals surface area contributed by atoms with Gasteiger partial charge in [0.15, 0.2) is 0 Å². The first kappa shape index (κ1) is 19.5. The zero-order valence-corrected chi connectivity index (χ0v) is 17.3. The lowest BCUT2D eigenvalue weighted by atomic mass is 9.89. The molecule has 4 heterocycles. The molecule has 28 heavy (non-hydrogen) atoms. The maximum absolute atomic E-state index is 4.81. The van der Waals surface area contributed by atoms with Crippen molar-refractivity contribution in [3.05, 3.63) is 59.2 Å². The molecule has 2 aromatic rings. The van der Waals surface area contributed by atoms with Crippen LogP contribution in [0, 0.1) is 13.8 Å². The SMILES string of the molecule is Cc1cccnc1[C@H]1CCC[C@@H](c2ncccc2C)N1CCN1CCNCC1. The number of nitrogens with one attached hydrogen (secondary N) is 1. The Balaban J connectivity index is 1.62. The molecule has 2 fully saturated rings. The Kier molecular flexibility index (Phi) is 6.35. The highest BCUT2D eigenvalue weighted by molar-refractivity contribution is 5.26. The third-order valence-corrected chi connectivity index (χ3v) is 6.37. The van der Waals surface area contributed by atoms with E-state index >= 15 is 0 Å². The summed E-state index contributed by atoms with van der Waals surface area (Å²) in [6, 6.07) is 9.26. The highest BCUT2D eigenvalue weighted by Gasteiger charge is 2.35. The molecule has 0 bridgehead atoms. The Labute approximate surface area is 169 Å². The second kappa shape index (κ2) is 9.12. The van der Waals surface area contributed by atoms with E-state index in [9.17, 15) is 0 Å². The van der Waals surface area contributed by atoms with E-state index in [1.807, 2.05) is 24.5 Å². The van der Waals surface area contributed by atoms with Gasteiger partial charge < -0.3 is 5.32 Å². The molecular weight excluding hydrogens is 346 g/mol. The molecular formula is C23H33N5. The summed E-state index contributed by atoms with van der Waals surface area (Å²) in [5, 5.41) is 3.46. The third kappa shape index (κ3) is 4.27. The maximum atomic E-state index is 4.81. The van der Waals surface area contributed by atoms with Crippen LogP contribution in [0.15, 0.2) is 36.7 Å². The first-order valence-corrected chi connectivity index (χ1v) is 10.8. The number of aryl methyl sites for hydroxylation is 2. The van der Waals surface area contributed by atoms with Gasteiger partial charge in [0.1, 0.15) is 0 Å². The summed E-state index contributed by atoms with van der Waals surface area (Å²) < 4.78 is 0. The lowest BCUT2D eigenvalue weighted by Crippen LogP contribution is -2.48. The molecule has 1 N–H and O–H groups in total. The maximum Gasteiger partial charge on any atom is 0.0604 e. The number of likely N-dealkylation sites (tertiary alicyclic amines) is 1. The van der Waals surface area contributed by atoms with Crippen LogP contribution >= 0.6 is 0 Å². The summed E-state index contributed by atoms with van der Waals surface area (Å²) in [5.74, 6) is 0. The molecule has 150 valence electrons. The summed E-state index contributed by atoms with van der Waals surface area (Å²) in [5.41, 5.74) is 5.11. The van der Waals surface area contributed by atoms with Gasteiger partial charge in [0.2, 0.25) is 0 Å². The highest BCUT2D eigenvalue weighted by atomic mass is 15.3. The van der Waals surface area contributed by atoms with Crippen LogP contribution in [-0.2, 0) is 0 Å². The van der Waals surface area contributed by atoms with Crippen LogP contribution in [0.3, 0.4) is 0 Å². The molecule has 5 nitrogen and oxygen atoms in total. The van der Waals surface area contributed by atoms with Crippen LogP contribution in [0.5, 0.6) is 0 Å². The molecule has 5 heteroatoms. The lowest BCUT2D eigenvalue weighted by molar-refractivity contribution is 0.0615. The van der Waals surface area contributed by atoms with E-state index in [0.717, 1.165) is 39.3 Å². The first-order valence-electron chi connectivity index (χ1n) is 10.8. The Hall–Kier alpha value is -1.82. The van der Waals surface area contributed by atoms with Crippen LogP contribution in [0.2, 0.25) is 0 Å². The van der Waals surface area contributed by atoms with Gasteiger partial charge in [0.25, 0.3) is 0 Å². The summed E-state index contributed by atoms with van der Waals surface area (Å²) in [7, 11) is 0. The first-order chi connectivity index (χ1) is 13.7. The summed E-state index contributed by atoms with van der Waals surface area (Å²) in [4.78, 5) is 14.9. The molecule has 0 saturated carbocycles. The Morgan fingerprint density at radius 3 is 2.00 bits per heavy atom. The fourth-order valence-corrected chi connectivity index (χ4v) is 4.84. The molecule has 0 unspecified atom stereocenters. The van der Waals surface area contributed by atoms with Crippen molar-refractivity contribution in [2.45, 2.75) is 45.2 Å². The average Bonchev–Trinajstić information content (AvgIpc) is 2.74. The second-order valence-electron chi connectivity index (χ2n) is 8.20. The van der Waals surface area contributed by atoms with Crippen molar-refractivity contribution in [1.82, 2.24) is 25.1 Å². The normalized spacial score (nSPS) is 24.4. The minimum Gasteiger partial charge on any atom is -0.314 e. The van der Waals surface area contributed by atoms with Gasteiger partial charge in [-0.25, -0.2) is 0 Å². The minimum absolute atomic E-state index is 0.379. The van der Waals surface area contributed by atoms with Gasteiger partial charge in [-0.3, -0.25) is 19.8 Å². The molecule has 2 aliphatic heterocycles. The fourth-order valence-electron chi connectivity index (χ4n) is 4.84. The number of piperidine rings is 1. The van der Waals surface area contributed by atoms with Crippen molar-refractivity contribution in [3.8, 4) is 0 Å². The molecule has 0 spiro atoms. The van der Waals surface area contributed by atoms with Gasteiger partial charge in [-0.2, -0.15) is 0 Å². The number of piperazine rings is 1. The van der Waals surface area contributed by atoms with Gasteiger partial charge in [0.05, 0.1) is 23.5 Å². The third-order valence-electron chi connectivity index (χ3n) is 6.37. The average molecular weight is 380 g/mol. The largest absolute Gasteiger partial charge is 0.314 e. The predicted molar refractivity (Wildman–Crippen MR) is 113 cm³/mol. The molecule has 0 amide bonds. The van der Waals surface area contributed by atoms with Crippen molar-refractivity contribution >= 4 is 0 Å². The minimum atomic E-state index is 0.379. The van der Waals surface area contributed by atoms with Crippen LogP contribution in [0.25, 0.3) is 0 Å². The van der Waals surface area contributed by atoms with Crippen molar-refractivity contribution in [2.75, 3.05) is 39.3 Å². The van der Waals surface area contributed by atoms with Crippen molar-refractivity contribution in [3.63, 3.8) is 0 Å². The number of aromatic nitrogens is 2. The zero-order valence-electron chi connectivity index (χ0n) is 17.3. The molecule has 0 aliphatic carbocycles. The molecule has 2 atom stereocenters. The molecule has 2 aromatic heterocycles. The summed E-state index contributed by atoms with van der Waals surface area (Å²) in [6.45, 7) is 11.1. The van der Waals surface area contributed by atoms with Gasteiger partial charge in [-0.1, -0.05) is 12.1 Å². The second-order valence-corrected chi connectivity index (χ2v) is 8.20. The van der Waals surface area contributed by atoms with Gasteiger partial charge in [-0.05, 0) is 56.4 Å². The topological polar surface area (TPSA) is 44.3 Å². The summed E-state index contributed by atoms with van der Waals surface area (Å²) in [6.07, 6.45) is 7.49. The van der Waals surface area contributed by atoms with Gasteiger partial charge >= 0.3 is 0 Å². The van der Waals surface area contributed by atoms with E-state index < -0.39 is 0 Å². The van der Waals surface area contributed by atoms with E-state index in [-0.39, 0.29) is 0 Å². The number of hydrogen-bond donors (Lipinski definition) is 1. The predicted octanol–water partition coefficient (Wildman–Crippen LogP) is 3.27. The van der Waals surface area contributed by atoms with E-state index in [0.29, 0.717) is 12.1 Å². The fraction of sp³-hybridized carbons (Fsp3) is 0.565. The molecule has 0 aromatic carbocycles. The Bertz CT molecular complexity index is 718. The van der Waals surface area contributed by atoms with Crippen LogP contribution < -0.4 is 5.32 Å². The number of rotatable bonds is 5. The van der Waals surface area contributed by atoms with E-state index in [4.69, 9.17) is 9.97 Å². The van der Waals surface area contributed by atoms with Gasteiger partial charge in [0, 0.05) is 51.7 Å². The zero-order chi connectivity index (χ0) is 19.3. The number of pyridine rings is 2. The van der Waals surface area contributed by atoms with Crippen LogP contribution in [0.1, 0.15) is 53.9 Å². The quantitative estimate of drug-likeness (QED) is 0.864. The van der Waals surface area contributed by atoms with Crippen LogP contribution in [0.4, 0.5) is 0 Å². The van der Waals surface area contributed by atoms with E-state index in [2.05, 4.69) is 41.1 Å². The van der Waals surface area contributed by atoms with Crippen molar-refractivity contribution in [2.24, 2.45) is 0 Å². The monoisotopic (exact) mass is 379 g/mol. The van der Waals surface area contributed by atoms with E-state index in [1.165, 1.54) is 41.8 Å². The van der Waals surface area contributed by atoms with Crippen molar-refractivity contribution < 1.29 is 0 Å². The highest BCUT2D eigenvalue weighted by Crippen LogP contribution is 2.41. The van der Waals surface area contributed by atoms with Crippen molar-refractivity contribution in [1.29, 1.82) is 0 Å². The molecule has 0 radical (unpaired) electrons. The van der Waals surface area contributed by atoms with E-state index in [1.54, 1.807) is 0 Å².